The molecule has 3 saturated heterocycles. The molecule has 3 aliphatic rings. The largest absolute Gasteiger partial charge is 0.726 e. The first-order chi connectivity index (χ1) is 20.4. The van der Waals surface area contributed by atoms with E-state index in [1.165, 1.54) is 0 Å². The molecule has 1 amide bonds. The topological polar surface area (TPSA) is 353 Å². The number of carbonyl (C=O) groups excluding carboxylic acids is 3. The van der Waals surface area contributed by atoms with Crippen LogP contribution in [0, 0.1) is 0 Å². The Morgan fingerprint density at radius 3 is 1.82 bits per heavy atom. The number of aliphatic carboxylic acids is 2. The number of aliphatic hydroxyl groups is 6. The van der Waals surface area contributed by atoms with Gasteiger partial charge in [-0.15, -0.1) is 0 Å². The summed E-state index contributed by atoms with van der Waals surface area (Å²) in [4.78, 5) is 35.4. The number of hydrogen-bond acceptors (Lipinski definition) is 21. The Kier molecular flexibility index (Phi) is 11.9. The van der Waals surface area contributed by atoms with Crippen molar-refractivity contribution in [2.45, 2.75) is 99.0 Å². The van der Waals surface area contributed by atoms with Crippen LogP contribution < -0.4 is 15.5 Å². The van der Waals surface area contributed by atoms with Crippen molar-refractivity contribution in [3.8, 4) is 0 Å². The lowest BCUT2D eigenvalue weighted by Crippen LogP contribution is -2.71. The van der Waals surface area contributed by atoms with E-state index in [2.05, 4.69) is 9.50 Å². The summed E-state index contributed by atoms with van der Waals surface area (Å²) in [5.74, 6) is -5.07. The van der Waals surface area contributed by atoms with Gasteiger partial charge in [0.2, 0.25) is 16.3 Å². The van der Waals surface area contributed by atoms with Crippen LogP contribution in [0.4, 0.5) is 0 Å². The van der Waals surface area contributed by atoms with Crippen molar-refractivity contribution in [1.82, 2.24) is 5.32 Å². The van der Waals surface area contributed by atoms with Gasteiger partial charge in [0.1, 0.15) is 73.2 Å². The fourth-order valence-electron chi connectivity index (χ4n) is 4.81. The summed E-state index contributed by atoms with van der Waals surface area (Å²) >= 11 is 0. The van der Waals surface area contributed by atoms with Gasteiger partial charge in [0.15, 0.2) is 18.9 Å². The summed E-state index contributed by atoms with van der Waals surface area (Å²) < 4.78 is 70.5. The number of ether oxygens (including phenoxy) is 6. The first kappa shape index (κ1) is 36.3. The van der Waals surface area contributed by atoms with Crippen LogP contribution in [0.1, 0.15) is 6.92 Å². The number of carboxylic acid groups (broad SMARTS) is 2. The molecule has 3 rings (SSSR count). The van der Waals surface area contributed by atoms with Gasteiger partial charge in [-0.25, -0.2) is 8.42 Å². The van der Waals surface area contributed by atoms with Crippen molar-refractivity contribution < 1.29 is 101 Å². The molecular weight excluding hydrogens is 634 g/mol. The molecule has 0 spiro atoms. The Morgan fingerprint density at radius 1 is 0.773 bits per heavy atom. The van der Waals surface area contributed by atoms with Crippen LogP contribution in [0.5, 0.6) is 0 Å². The van der Waals surface area contributed by atoms with Gasteiger partial charge in [-0.05, 0) is 0 Å². The second kappa shape index (κ2) is 14.5. The van der Waals surface area contributed by atoms with Gasteiger partial charge in [-0.3, -0.25) is 8.98 Å². The Labute approximate surface area is 247 Å². The first-order valence-electron chi connectivity index (χ1n) is 12.6. The van der Waals surface area contributed by atoms with E-state index in [1.807, 2.05) is 0 Å². The van der Waals surface area contributed by atoms with E-state index in [1.54, 1.807) is 0 Å². The molecule has 0 aromatic heterocycles. The average Bonchev–Trinajstić information content (AvgIpc) is 2.92. The monoisotopic (exact) mass is 664 g/mol. The number of nitrogens with one attached hydrogen (secondary N) is 1. The first-order valence-corrected chi connectivity index (χ1v) is 13.9. The highest BCUT2D eigenvalue weighted by molar-refractivity contribution is 7.80. The molecule has 3 heterocycles. The highest BCUT2D eigenvalue weighted by Crippen LogP contribution is 2.34. The average molecular weight is 665 g/mol. The Bertz CT molecular complexity index is 1140. The molecule has 254 valence electrons. The van der Waals surface area contributed by atoms with Crippen LogP contribution in [-0.2, 0) is 57.4 Å². The maximum atomic E-state index is 12.2. The zero-order valence-electron chi connectivity index (χ0n) is 22.6. The highest BCUT2D eigenvalue weighted by atomic mass is 32.3. The van der Waals surface area contributed by atoms with E-state index >= 15 is 0 Å². The molecule has 22 nitrogen and oxygen atoms in total. The van der Waals surface area contributed by atoms with Gasteiger partial charge < -0.3 is 88.7 Å². The number of carbonyl (C=O) groups is 3. The third-order valence-electron chi connectivity index (χ3n) is 6.82. The van der Waals surface area contributed by atoms with Crippen molar-refractivity contribution in [2.24, 2.45) is 0 Å². The van der Waals surface area contributed by atoms with E-state index in [-0.39, 0.29) is 0 Å². The van der Waals surface area contributed by atoms with Gasteiger partial charge in [0.25, 0.3) is 0 Å². The maximum absolute atomic E-state index is 12.2. The third-order valence-corrected chi connectivity index (χ3v) is 7.28. The molecule has 0 bridgehead atoms. The molecule has 0 radical (unpaired) electrons. The molecule has 0 saturated carbocycles. The zero-order valence-corrected chi connectivity index (χ0v) is 23.4. The van der Waals surface area contributed by atoms with E-state index in [0.717, 1.165) is 14.0 Å². The van der Waals surface area contributed by atoms with Crippen molar-refractivity contribution in [2.75, 3.05) is 13.7 Å². The second-order valence-electron chi connectivity index (χ2n) is 9.80. The molecule has 23 heteroatoms. The number of aliphatic hydroxyl groups excluding tert-OH is 6. The van der Waals surface area contributed by atoms with E-state index in [0.29, 0.717) is 0 Å². The minimum absolute atomic E-state index is 0.889. The van der Waals surface area contributed by atoms with Crippen molar-refractivity contribution >= 4 is 28.2 Å². The summed E-state index contributed by atoms with van der Waals surface area (Å²) in [5, 5.41) is 86.8. The number of amides is 1. The van der Waals surface area contributed by atoms with Gasteiger partial charge in [-0.2, -0.15) is 0 Å². The molecule has 44 heavy (non-hydrogen) atoms. The Balaban J connectivity index is 2.07. The van der Waals surface area contributed by atoms with E-state index in [9.17, 15) is 68.2 Å². The van der Waals surface area contributed by atoms with E-state index in [4.69, 9.17) is 28.4 Å². The number of rotatable bonds is 11. The fraction of sp³-hybridized carbons (Fsp3) is 0.857. The minimum Gasteiger partial charge on any atom is -0.726 e. The van der Waals surface area contributed by atoms with Gasteiger partial charge in [-0.1, -0.05) is 0 Å². The lowest BCUT2D eigenvalue weighted by Gasteiger charge is -2.50. The highest BCUT2D eigenvalue weighted by Gasteiger charge is 2.55. The Hall–Kier alpha value is -2.20. The maximum Gasteiger partial charge on any atom is 0.218 e. The number of methoxy groups -OCH3 is 1. The summed E-state index contributed by atoms with van der Waals surface area (Å²) in [6.45, 7) is -0.327. The zero-order chi connectivity index (χ0) is 33.3. The molecular formula is C21H30NO21S-3. The quantitative estimate of drug-likeness (QED) is 0.0796. The van der Waals surface area contributed by atoms with Crippen LogP contribution in [0.25, 0.3) is 0 Å². The molecule has 0 unspecified atom stereocenters. The molecule has 7 N–H and O–H groups in total. The number of hydrogen-bond donors (Lipinski definition) is 7. The summed E-state index contributed by atoms with van der Waals surface area (Å²) in [6.07, 6.45) is -30.2. The molecule has 15 atom stereocenters. The van der Waals surface area contributed by atoms with Gasteiger partial charge >= 0.3 is 0 Å². The minimum atomic E-state index is -5.70. The molecule has 3 aliphatic heterocycles. The van der Waals surface area contributed by atoms with Crippen LogP contribution in [0.15, 0.2) is 0 Å². The van der Waals surface area contributed by atoms with Gasteiger partial charge in [0.05, 0.1) is 18.5 Å². The lowest BCUT2D eigenvalue weighted by molar-refractivity contribution is -0.378. The third kappa shape index (κ3) is 7.95. The summed E-state index contributed by atoms with van der Waals surface area (Å²) in [7, 11) is -4.70. The summed E-state index contributed by atoms with van der Waals surface area (Å²) in [6, 6.07) is -1.98. The molecule has 3 fully saturated rings. The van der Waals surface area contributed by atoms with E-state index < -0.39 is 127 Å². The molecule has 0 aliphatic carbocycles. The smallest absolute Gasteiger partial charge is 0.218 e. The van der Waals surface area contributed by atoms with Gasteiger partial charge in [0, 0.05) is 14.0 Å². The van der Waals surface area contributed by atoms with Crippen molar-refractivity contribution in [3.05, 3.63) is 0 Å². The van der Waals surface area contributed by atoms with Crippen LogP contribution in [0.3, 0.4) is 0 Å². The molecule has 0 aromatic carbocycles. The normalized spacial score (nSPS) is 43.2. The number of carboxylic acids is 2. The molecule has 0 aromatic rings. The van der Waals surface area contributed by atoms with Crippen LogP contribution in [0.2, 0.25) is 0 Å². The van der Waals surface area contributed by atoms with Crippen LogP contribution >= 0.6 is 0 Å². The predicted octanol–water partition coefficient (Wildman–Crippen LogP) is -9.78. The van der Waals surface area contributed by atoms with Crippen molar-refractivity contribution in [1.29, 1.82) is 0 Å². The fourth-order valence-corrected chi connectivity index (χ4v) is 5.31. The summed E-state index contributed by atoms with van der Waals surface area (Å²) in [5.41, 5.74) is 0. The van der Waals surface area contributed by atoms with Crippen molar-refractivity contribution in [3.63, 3.8) is 0 Å². The predicted molar refractivity (Wildman–Crippen MR) is 122 cm³/mol. The Morgan fingerprint density at radius 2 is 1.32 bits per heavy atom. The lowest BCUT2D eigenvalue weighted by atomic mass is 9.94. The van der Waals surface area contributed by atoms with Crippen LogP contribution in [-0.4, -0.2) is 167 Å². The standard InChI is InChI=1S/C21H33NO21S/c1-4(24)22-6-13(39-21-10(28)7(25)8(26)15(41-21)17(30)31)12(43-44(34,35)36)5(3-23)38-19(6)40-14-9(27)11(29)20(37-2)42-16(14)18(32)33/h5-16,19-21,23,25-29H,3H2,1-2H3,(H,22,24)(H,30,31)(H,32,33)(H,34,35,36)/p-3/t5-,6-,7+,8+,9-,10-,11-,12+,13-,14+,15+,16+,19+,20-,21-/m1/s1. The SMILES string of the molecule is CO[C@@H]1O[C@H](C(=O)[O-])[C@@H](O[C@@H]2O[C@H](CO)[C@H](OS(=O)(=O)[O-])[C@H](O[C@@H]3O[C@H](C(=O)[O-])[C@@H](O)[C@H](O)[C@H]3O)[C@H]2NC(C)=O)[C@H](O)[C@H]1O. The second-order valence-corrected chi connectivity index (χ2v) is 10.8.